The van der Waals surface area contributed by atoms with Crippen molar-refractivity contribution in [3.8, 4) is 11.8 Å². The van der Waals surface area contributed by atoms with Gasteiger partial charge in [-0.2, -0.15) is 10.4 Å². The minimum atomic E-state index is -0.175. The Balaban J connectivity index is 1.48. The van der Waals surface area contributed by atoms with E-state index >= 15 is 0 Å². The first-order valence-corrected chi connectivity index (χ1v) is 10.6. The molecule has 1 aromatic carbocycles. The maximum Gasteiger partial charge on any atom is 0.281 e. The van der Waals surface area contributed by atoms with Gasteiger partial charge in [0.1, 0.15) is 5.75 Å². The van der Waals surface area contributed by atoms with Crippen LogP contribution in [0.15, 0.2) is 64.4 Å². The number of hydrogen-bond donors (Lipinski definition) is 0. The lowest BCUT2D eigenvalue weighted by molar-refractivity contribution is -0.135. The number of hydrazone groups is 1. The van der Waals surface area contributed by atoms with Crippen molar-refractivity contribution in [3.05, 3.63) is 74.6 Å². The molecule has 0 saturated carbocycles. The number of rotatable bonds is 6. The molecule has 2 aromatic heterocycles. The zero-order valence-corrected chi connectivity index (χ0v) is 16.6. The van der Waals surface area contributed by atoms with Gasteiger partial charge in [-0.25, -0.2) is 5.01 Å². The summed E-state index contributed by atoms with van der Waals surface area (Å²) in [6.45, 7) is -0.0826. The summed E-state index contributed by atoms with van der Waals surface area (Å²) >= 11 is 3.26. The van der Waals surface area contributed by atoms with Gasteiger partial charge >= 0.3 is 0 Å². The summed E-state index contributed by atoms with van der Waals surface area (Å²) in [6, 6.07) is 17.3. The molecule has 0 bridgehead atoms. The molecule has 0 unspecified atom stereocenters. The molecule has 7 heteroatoms. The Kier molecular flexibility index (Phi) is 5.51. The molecule has 0 spiro atoms. The van der Waals surface area contributed by atoms with E-state index in [9.17, 15) is 4.79 Å². The van der Waals surface area contributed by atoms with Crippen molar-refractivity contribution in [3.63, 3.8) is 0 Å². The van der Waals surface area contributed by atoms with E-state index in [4.69, 9.17) is 10.00 Å². The van der Waals surface area contributed by atoms with Crippen molar-refractivity contribution in [2.45, 2.75) is 18.9 Å². The number of benzene rings is 1. The Morgan fingerprint density at radius 1 is 1.18 bits per heavy atom. The molecule has 1 aliphatic heterocycles. The normalized spacial score (nSPS) is 15.9. The van der Waals surface area contributed by atoms with Gasteiger partial charge in [-0.1, -0.05) is 24.3 Å². The highest BCUT2D eigenvalue weighted by Crippen LogP contribution is 2.35. The van der Waals surface area contributed by atoms with E-state index in [-0.39, 0.29) is 18.6 Å². The summed E-state index contributed by atoms with van der Waals surface area (Å²) in [5, 5.41) is 18.9. The third-order valence-corrected chi connectivity index (χ3v) is 6.30. The summed E-state index contributed by atoms with van der Waals surface area (Å²) in [7, 11) is 0. The Morgan fingerprint density at radius 2 is 1.96 bits per heavy atom. The van der Waals surface area contributed by atoms with Crippen LogP contribution < -0.4 is 4.74 Å². The fourth-order valence-electron chi connectivity index (χ4n) is 3.04. The fourth-order valence-corrected chi connectivity index (χ4v) is 4.57. The van der Waals surface area contributed by atoms with Crippen molar-refractivity contribution in [1.82, 2.24) is 5.01 Å². The van der Waals surface area contributed by atoms with Gasteiger partial charge < -0.3 is 4.74 Å². The van der Waals surface area contributed by atoms with Gasteiger partial charge in [-0.15, -0.1) is 22.7 Å². The van der Waals surface area contributed by atoms with E-state index in [1.54, 1.807) is 39.8 Å². The molecular weight excluding hydrogens is 390 g/mol. The summed E-state index contributed by atoms with van der Waals surface area (Å²) < 4.78 is 5.67. The number of thiophene rings is 2. The average Bonchev–Trinajstić information content (AvgIpc) is 3.48. The molecule has 1 aliphatic rings. The zero-order valence-electron chi connectivity index (χ0n) is 14.9. The third kappa shape index (κ3) is 3.98. The van der Waals surface area contributed by atoms with Crippen LogP contribution in [0.4, 0.5) is 0 Å². The molecule has 5 nitrogen and oxygen atoms in total. The predicted octanol–water partition coefficient (Wildman–Crippen LogP) is 4.63. The van der Waals surface area contributed by atoms with Gasteiger partial charge in [0.25, 0.3) is 5.91 Å². The number of amides is 1. The van der Waals surface area contributed by atoms with E-state index in [1.807, 2.05) is 47.2 Å². The highest BCUT2D eigenvalue weighted by molar-refractivity contribution is 7.12. The van der Waals surface area contributed by atoms with Crippen LogP contribution in [0.5, 0.6) is 5.75 Å². The molecule has 1 amide bonds. The van der Waals surface area contributed by atoms with Crippen LogP contribution in [0.1, 0.15) is 27.8 Å². The smallest absolute Gasteiger partial charge is 0.281 e. The van der Waals surface area contributed by atoms with Crippen LogP contribution in [0.2, 0.25) is 0 Å². The maximum absolute atomic E-state index is 12.9. The Labute approximate surface area is 171 Å². The SMILES string of the molecule is N#CCc1ccc(OCC(=O)N2N=C(c3cccs3)C[C@@H]2c2cccs2)cc1. The van der Waals surface area contributed by atoms with E-state index in [1.165, 1.54) is 0 Å². The van der Waals surface area contributed by atoms with E-state index in [2.05, 4.69) is 11.2 Å². The van der Waals surface area contributed by atoms with Crippen LogP contribution in [0, 0.1) is 11.3 Å². The van der Waals surface area contributed by atoms with Crippen LogP contribution in [0.3, 0.4) is 0 Å². The number of nitrogens with zero attached hydrogens (tertiary/aromatic N) is 3. The molecule has 0 N–H and O–H groups in total. The minimum absolute atomic E-state index is 0.0826. The Morgan fingerprint density at radius 3 is 2.64 bits per heavy atom. The van der Waals surface area contributed by atoms with Crippen LogP contribution in [-0.4, -0.2) is 23.2 Å². The molecule has 0 aliphatic carbocycles. The Hall–Kier alpha value is -2.95. The summed E-state index contributed by atoms with van der Waals surface area (Å²) in [4.78, 5) is 15.1. The van der Waals surface area contributed by atoms with Crippen molar-refractivity contribution >= 4 is 34.3 Å². The van der Waals surface area contributed by atoms with Gasteiger partial charge in [0.05, 0.1) is 29.1 Å². The van der Waals surface area contributed by atoms with Gasteiger partial charge in [0.2, 0.25) is 0 Å². The summed E-state index contributed by atoms with van der Waals surface area (Å²) in [5.74, 6) is 0.426. The van der Waals surface area contributed by atoms with Gasteiger partial charge in [-0.3, -0.25) is 4.79 Å². The molecule has 4 rings (SSSR count). The first-order valence-electron chi connectivity index (χ1n) is 8.80. The lowest BCUT2D eigenvalue weighted by Gasteiger charge is -2.20. The second kappa shape index (κ2) is 8.38. The first kappa shape index (κ1) is 18.4. The molecule has 3 aromatic rings. The quantitative estimate of drug-likeness (QED) is 0.598. The lowest BCUT2D eigenvalue weighted by atomic mass is 10.1. The van der Waals surface area contributed by atoms with Crippen molar-refractivity contribution in [1.29, 1.82) is 5.26 Å². The van der Waals surface area contributed by atoms with Crippen LogP contribution >= 0.6 is 22.7 Å². The van der Waals surface area contributed by atoms with E-state index < -0.39 is 0 Å². The largest absolute Gasteiger partial charge is 0.484 e. The third-order valence-electron chi connectivity index (χ3n) is 4.41. The zero-order chi connectivity index (χ0) is 19.3. The van der Waals surface area contributed by atoms with Crippen LogP contribution in [-0.2, 0) is 11.2 Å². The molecule has 0 saturated heterocycles. The fraction of sp³-hybridized carbons (Fsp3) is 0.190. The molecule has 140 valence electrons. The van der Waals surface area contributed by atoms with E-state index in [0.29, 0.717) is 18.6 Å². The molecule has 0 fully saturated rings. The number of carbonyl (C=O) groups is 1. The highest BCUT2D eigenvalue weighted by atomic mass is 32.1. The lowest BCUT2D eigenvalue weighted by Crippen LogP contribution is -2.31. The van der Waals surface area contributed by atoms with Gasteiger partial charge in [-0.05, 0) is 40.6 Å². The predicted molar refractivity (Wildman–Crippen MR) is 111 cm³/mol. The molecule has 1 atom stereocenters. The van der Waals surface area contributed by atoms with Gasteiger partial charge in [0, 0.05) is 11.3 Å². The standard InChI is InChI=1S/C21H17N3O2S2/c22-10-9-15-5-7-16(8-6-15)26-14-21(25)24-18(20-4-2-12-28-20)13-17(23-24)19-3-1-11-27-19/h1-8,11-12,18H,9,13-14H2/t18-/m1/s1. The first-order chi connectivity index (χ1) is 13.7. The number of ether oxygens (including phenoxy) is 1. The number of nitriles is 1. The monoisotopic (exact) mass is 407 g/mol. The maximum atomic E-state index is 12.9. The van der Waals surface area contributed by atoms with Gasteiger partial charge in [0.15, 0.2) is 6.61 Å². The number of hydrogen-bond acceptors (Lipinski definition) is 6. The van der Waals surface area contributed by atoms with Crippen molar-refractivity contribution in [2.75, 3.05) is 6.61 Å². The average molecular weight is 408 g/mol. The Bertz CT molecular complexity index is 1000. The molecule has 28 heavy (non-hydrogen) atoms. The van der Waals surface area contributed by atoms with Crippen molar-refractivity contribution in [2.24, 2.45) is 5.10 Å². The molecule has 0 radical (unpaired) electrons. The minimum Gasteiger partial charge on any atom is -0.484 e. The van der Waals surface area contributed by atoms with Crippen LogP contribution in [0.25, 0.3) is 0 Å². The second-order valence-electron chi connectivity index (χ2n) is 6.27. The summed E-state index contributed by atoms with van der Waals surface area (Å²) in [5.41, 5.74) is 1.85. The molecule has 3 heterocycles. The second-order valence-corrected chi connectivity index (χ2v) is 8.19. The number of carbonyl (C=O) groups excluding carboxylic acids is 1. The van der Waals surface area contributed by atoms with Crippen molar-refractivity contribution < 1.29 is 9.53 Å². The highest BCUT2D eigenvalue weighted by Gasteiger charge is 2.34. The molecular formula is C21H17N3O2S2. The summed E-state index contributed by atoms with van der Waals surface area (Å²) in [6.07, 6.45) is 1.06. The topological polar surface area (TPSA) is 65.7 Å². The van der Waals surface area contributed by atoms with E-state index in [0.717, 1.165) is 21.0 Å².